The highest BCUT2D eigenvalue weighted by Gasteiger charge is 2.01. The van der Waals surface area contributed by atoms with Crippen molar-refractivity contribution in [1.29, 1.82) is 0 Å². The van der Waals surface area contributed by atoms with Gasteiger partial charge >= 0.3 is 0 Å². The molecule has 0 saturated carbocycles. The van der Waals surface area contributed by atoms with E-state index < -0.39 is 0 Å². The largest absolute Gasteiger partial charge is 0.308 e. The third kappa shape index (κ3) is 0.652. The van der Waals surface area contributed by atoms with Crippen LogP contribution in [0.1, 0.15) is 6.92 Å². The molecule has 0 aromatic heterocycles. The number of hydrogen-bond acceptors (Lipinski definition) is 4. The molecule has 4 nitrogen and oxygen atoms in total. The third-order valence-corrected chi connectivity index (χ3v) is 0.846. The Morgan fingerprint density at radius 1 is 1.86 bits per heavy atom. The van der Waals surface area contributed by atoms with Gasteiger partial charge in [0.05, 0.1) is 5.70 Å². The van der Waals surface area contributed by atoms with Gasteiger partial charge in [-0.3, -0.25) is 0 Å². The molecule has 0 saturated heterocycles. The Balaban J connectivity index is 2.54. The van der Waals surface area contributed by atoms with Gasteiger partial charge in [0, 0.05) is 6.20 Å². The topological polar surface area (TPSA) is 53.3 Å². The Bertz CT molecular complexity index is 97.1. The minimum Gasteiger partial charge on any atom is -0.308 e. The molecule has 0 aliphatic carbocycles. The molecule has 7 heavy (non-hydrogen) atoms. The molecular weight excluding hydrogens is 92.1 g/mol. The molecule has 1 rings (SSSR count). The van der Waals surface area contributed by atoms with Crippen LogP contribution in [0.2, 0.25) is 0 Å². The van der Waals surface area contributed by atoms with E-state index in [0.717, 1.165) is 5.70 Å². The number of nitrogens with one attached hydrogen (secondary N) is 2. The van der Waals surface area contributed by atoms with Gasteiger partial charge in [-0.15, -0.1) is 5.53 Å². The van der Waals surface area contributed by atoms with Crippen molar-refractivity contribution in [2.24, 2.45) is 5.84 Å². The van der Waals surface area contributed by atoms with E-state index in [9.17, 15) is 0 Å². The Kier molecular flexibility index (Phi) is 0.883. The number of nitrogens with zero attached hydrogens (tertiary/aromatic N) is 1. The van der Waals surface area contributed by atoms with Gasteiger partial charge in [-0.1, -0.05) is 0 Å². The van der Waals surface area contributed by atoms with Crippen molar-refractivity contribution in [2.45, 2.75) is 6.92 Å². The average molecular weight is 100 g/mol. The summed E-state index contributed by atoms with van der Waals surface area (Å²) in [5, 5.41) is 1.40. The molecule has 0 fully saturated rings. The van der Waals surface area contributed by atoms with E-state index in [4.69, 9.17) is 5.84 Å². The molecule has 1 aliphatic rings. The van der Waals surface area contributed by atoms with E-state index in [2.05, 4.69) is 11.0 Å². The van der Waals surface area contributed by atoms with Gasteiger partial charge in [0.1, 0.15) is 0 Å². The summed E-state index contributed by atoms with van der Waals surface area (Å²) in [6.45, 7) is 1.90. The molecular formula is C3H8N4. The fourth-order valence-electron chi connectivity index (χ4n) is 0.364. The molecule has 0 unspecified atom stereocenters. The molecule has 0 radical (unpaired) electrons. The third-order valence-electron chi connectivity index (χ3n) is 0.846. The first-order valence-corrected chi connectivity index (χ1v) is 2.03. The first-order valence-electron chi connectivity index (χ1n) is 2.03. The van der Waals surface area contributed by atoms with Crippen LogP contribution in [0, 0.1) is 0 Å². The van der Waals surface area contributed by atoms with Gasteiger partial charge in [0.2, 0.25) is 0 Å². The second-order valence-electron chi connectivity index (χ2n) is 1.41. The Morgan fingerprint density at radius 3 is 2.71 bits per heavy atom. The van der Waals surface area contributed by atoms with Crippen molar-refractivity contribution in [3.05, 3.63) is 11.9 Å². The zero-order chi connectivity index (χ0) is 5.28. The lowest BCUT2D eigenvalue weighted by atomic mass is 10.6. The zero-order valence-corrected chi connectivity index (χ0v) is 4.10. The minimum atomic E-state index is 0.972. The summed E-state index contributed by atoms with van der Waals surface area (Å²) >= 11 is 0. The summed E-state index contributed by atoms with van der Waals surface area (Å²) in [7, 11) is 0. The van der Waals surface area contributed by atoms with Crippen molar-refractivity contribution in [3.63, 3.8) is 0 Å². The van der Waals surface area contributed by atoms with Crippen LogP contribution in [0.15, 0.2) is 11.9 Å². The summed E-state index contributed by atoms with van der Waals surface area (Å²) in [4.78, 5) is 0. The highest BCUT2D eigenvalue weighted by Crippen LogP contribution is 1.93. The molecule has 0 aromatic rings. The summed E-state index contributed by atoms with van der Waals surface area (Å²) in [6, 6.07) is 0. The predicted molar refractivity (Wildman–Crippen MR) is 26.1 cm³/mol. The maximum atomic E-state index is 5.27. The Hall–Kier alpha value is -0.740. The maximum Gasteiger partial charge on any atom is 0.0632 e. The quantitative estimate of drug-likeness (QED) is 0.343. The van der Waals surface area contributed by atoms with Crippen LogP contribution >= 0.6 is 0 Å². The minimum absolute atomic E-state index is 0.972. The number of allylic oxidation sites excluding steroid dienone is 1. The number of nitrogens with two attached hydrogens (primary N) is 1. The lowest BCUT2D eigenvalue weighted by Crippen LogP contribution is -2.41. The van der Waals surface area contributed by atoms with Gasteiger partial charge < -0.3 is 5.43 Å². The van der Waals surface area contributed by atoms with Gasteiger partial charge in [0.25, 0.3) is 0 Å². The summed E-state index contributed by atoms with van der Waals surface area (Å²) < 4.78 is 0. The van der Waals surface area contributed by atoms with Crippen molar-refractivity contribution >= 4 is 0 Å². The van der Waals surface area contributed by atoms with Crippen LogP contribution in [0.5, 0.6) is 0 Å². The van der Waals surface area contributed by atoms with E-state index in [1.807, 2.05) is 6.92 Å². The van der Waals surface area contributed by atoms with Gasteiger partial charge in [-0.2, -0.15) is 0 Å². The van der Waals surface area contributed by atoms with E-state index in [0.29, 0.717) is 0 Å². The SMILES string of the molecule is CC1=CNNN1N. The highest BCUT2D eigenvalue weighted by molar-refractivity contribution is 4.95. The van der Waals surface area contributed by atoms with Crippen LogP contribution in [-0.2, 0) is 0 Å². The summed E-state index contributed by atoms with van der Waals surface area (Å²) in [6.07, 6.45) is 1.78. The van der Waals surface area contributed by atoms with Crippen LogP contribution in [0.25, 0.3) is 0 Å². The van der Waals surface area contributed by atoms with Crippen LogP contribution in [0.4, 0.5) is 0 Å². The second-order valence-corrected chi connectivity index (χ2v) is 1.41. The fraction of sp³-hybridized carbons (Fsp3) is 0.333. The average Bonchev–Trinajstić information content (AvgIpc) is 1.91. The van der Waals surface area contributed by atoms with Crippen LogP contribution in [-0.4, -0.2) is 5.12 Å². The molecule has 4 heteroatoms. The molecule has 1 heterocycles. The van der Waals surface area contributed by atoms with Crippen LogP contribution in [0.3, 0.4) is 0 Å². The fourth-order valence-corrected chi connectivity index (χ4v) is 0.364. The number of rotatable bonds is 0. The number of hydrazine groups is 3. The van der Waals surface area contributed by atoms with Crippen molar-refractivity contribution in [1.82, 2.24) is 16.1 Å². The molecule has 0 spiro atoms. The lowest BCUT2D eigenvalue weighted by Gasteiger charge is -2.09. The number of hydrogen-bond donors (Lipinski definition) is 3. The first-order chi connectivity index (χ1) is 3.30. The molecule has 40 valence electrons. The van der Waals surface area contributed by atoms with Gasteiger partial charge in [0.15, 0.2) is 0 Å². The lowest BCUT2D eigenvalue weighted by molar-refractivity contribution is 0.260. The predicted octanol–water partition coefficient (Wildman–Crippen LogP) is -0.954. The smallest absolute Gasteiger partial charge is 0.0632 e. The van der Waals surface area contributed by atoms with E-state index >= 15 is 0 Å². The van der Waals surface area contributed by atoms with Crippen molar-refractivity contribution in [2.75, 3.05) is 0 Å². The standard InChI is InChI=1S/C3H8N4/c1-3-2-5-6-7(3)4/h2,5-6H,4H2,1H3. The Labute approximate surface area is 41.9 Å². The van der Waals surface area contributed by atoms with Gasteiger partial charge in [-0.25, -0.2) is 11.0 Å². The second kappa shape index (κ2) is 1.40. The van der Waals surface area contributed by atoms with Crippen molar-refractivity contribution in [3.8, 4) is 0 Å². The highest BCUT2D eigenvalue weighted by atomic mass is 15.8. The summed E-state index contributed by atoms with van der Waals surface area (Å²) in [5.41, 5.74) is 6.32. The van der Waals surface area contributed by atoms with E-state index in [1.165, 1.54) is 5.12 Å². The molecule has 1 aliphatic heterocycles. The van der Waals surface area contributed by atoms with Gasteiger partial charge in [-0.05, 0) is 6.92 Å². The Morgan fingerprint density at radius 2 is 2.57 bits per heavy atom. The zero-order valence-electron chi connectivity index (χ0n) is 4.10. The molecule has 4 N–H and O–H groups in total. The van der Waals surface area contributed by atoms with Crippen LogP contribution < -0.4 is 16.8 Å². The molecule has 0 atom stereocenters. The molecule has 0 bridgehead atoms. The first kappa shape index (κ1) is 4.42. The van der Waals surface area contributed by atoms with E-state index in [-0.39, 0.29) is 0 Å². The normalized spacial score (nSPS) is 19.1. The van der Waals surface area contributed by atoms with E-state index in [1.54, 1.807) is 6.20 Å². The maximum absolute atomic E-state index is 5.27. The molecule has 0 aromatic carbocycles. The van der Waals surface area contributed by atoms with Crippen molar-refractivity contribution < 1.29 is 0 Å². The summed E-state index contributed by atoms with van der Waals surface area (Å²) in [5.74, 6) is 5.27. The molecule has 0 amide bonds. The monoisotopic (exact) mass is 100 g/mol.